The predicted molar refractivity (Wildman–Crippen MR) is 113 cm³/mol. The maximum Gasteiger partial charge on any atom is 0.257 e. The number of aryl methyl sites for hydroxylation is 1. The summed E-state index contributed by atoms with van der Waals surface area (Å²) < 4.78 is 0. The molecule has 4 N–H and O–H groups in total. The van der Waals surface area contributed by atoms with E-state index in [2.05, 4.69) is 10.6 Å². The Morgan fingerprint density at radius 1 is 1.10 bits per heavy atom. The highest BCUT2D eigenvalue weighted by Crippen LogP contribution is 2.19. The lowest BCUT2D eigenvalue weighted by molar-refractivity contribution is -0.125. The standard InChI is InChI=1S/C22H26N4O3/c1-15-6-4-8-17(12-15)24-22(29)18-9-2-3-10-19(18)25-20(27)14-26-11-5-7-16(13-26)21(23)28/h2-4,6,8-10,12,16H,5,7,11,13-14H2,1H3,(H2,23,28)(H,24,29)(H,25,27)/t16-/m1/s1. The minimum atomic E-state index is -0.326. The Bertz CT molecular complexity index is 912. The van der Waals surface area contributed by atoms with Crippen molar-refractivity contribution < 1.29 is 14.4 Å². The number of nitrogens with zero attached hydrogens (tertiary/aromatic N) is 1. The van der Waals surface area contributed by atoms with E-state index in [-0.39, 0.29) is 30.2 Å². The Labute approximate surface area is 170 Å². The van der Waals surface area contributed by atoms with Gasteiger partial charge in [-0.2, -0.15) is 0 Å². The van der Waals surface area contributed by atoms with Crippen molar-refractivity contribution >= 4 is 29.1 Å². The molecule has 3 rings (SSSR count). The van der Waals surface area contributed by atoms with E-state index in [0.717, 1.165) is 24.9 Å². The SMILES string of the molecule is Cc1cccc(NC(=O)c2ccccc2NC(=O)CN2CCC[C@@H](C(N)=O)C2)c1. The number of rotatable bonds is 6. The van der Waals surface area contributed by atoms with Crippen LogP contribution in [0.15, 0.2) is 48.5 Å². The number of para-hydroxylation sites is 1. The second-order valence-electron chi connectivity index (χ2n) is 7.39. The Morgan fingerprint density at radius 3 is 2.66 bits per heavy atom. The number of carbonyl (C=O) groups is 3. The smallest absolute Gasteiger partial charge is 0.257 e. The number of benzene rings is 2. The molecule has 1 aliphatic heterocycles. The van der Waals surface area contributed by atoms with Crippen LogP contribution in [0.5, 0.6) is 0 Å². The molecule has 2 aromatic rings. The Morgan fingerprint density at radius 2 is 1.90 bits per heavy atom. The molecule has 0 bridgehead atoms. The van der Waals surface area contributed by atoms with E-state index in [1.165, 1.54) is 0 Å². The first-order valence-electron chi connectivity index (χ1n) is 9.71. The van der Waals surface area contributed by atoms with E-state index in [1.807, 2.05) is 36.1 Å². The molecule has 1 saturated heterocycles. The van der Waals surface area contributed by atoms with Crippen molar-refractivity contribution in [3.63, 3.8) is 0 Å². The maximum atomic E-state index is 12.7. The van der Waals surface area contributed by atoms with Gasteiger partial charge in [0.05, 0.1) is 23.7 Å². The van der Waals surface area contributed by atoms with Gasteiger partial charge in [-0.25, -0.2) is 0 Å². The molecule has 7 heteroatoms. The van der Waals surface area contributed by atoms with E-state index in [9.17, 15) is 14.4 Å². The predicted octanol–water partition coefficient (Wildman–Crippen LogP) is 2.38. The molecule has 7 nitrogen and oxygen atoms in total. The molecule has 0 unspecified atom stereocenters. The van der Waals surface area contributed by atoms with Crippen molar-refractivity contribution in [1.29, 1.82) is 0 Å². The Kier molecular flexibility index (Phi) is 6.61. The molecule has 1 fully saturated rings. The summed E-state index contributed by atoms with van der Waals surface area (Å²) in [5.41, 5.74) is 7.97. The third-order valence-electron chi connectivity index (χ3n) is 5.00. The third-order valence-corrected chi connectivity index (χ3v) is 5.00. The molecule has 29 heavy (non-hydrogen) atoms. The van der Waals surface area contributed by atoms with Gasteiger partial charge in [0.25, 0.3) is 5.91 Å². The zero-order valence-electron chi connectivity index (χ0n) is 16.5. The lowest BCUT2D eigenvalue weighted by Crippen LogP contribution is -2.44. The van der Waals surface area contributed by atoms with Crippen LogP contribution in [0.2, 0.25) is 0 Å². The van der Waals surface area contributed by atoms with Gasteiger partial charge in [0.15, 0.2) is 0 Å². The molecule has 0 spiro atoms. The van der Waals surface area contributed by atoms with Crippen LogP contribution in [0.25, 0.3) is 0 Å². The summed E-state index contributed by atoms with van der Waals surface area (Å²) in [6.45, 7) is 3.33. The van der Waals surface area contributed by atoms with Crippen LogP contribution >= 0.6 is 0 Å². The maximum absolute atomic E-state index is 12.7. The van der Waals surface area contributed by atoms with Crippen molar-refractivity contribution in [3.05, 3.63) is 59.7 Å². The minimum absolute atomic E-state index is 0.150. The van der Waals surface area contributed by atoms with Crippen LogP contribution in [0.1, 0.15) is 28.8 Å². The lowest BCUT2D eigenvalue weighted by Gasteiger charge is -2.30. The number of carbonyl (C=O) groups excluding carboxylic acids is 3. The van der Waals surface area contributed by atoms with Crippen molar-refractivity contribution in [2.75, 3.05) is 30.3 Å². The topological polar surface area (TPSA) is 105 Å². The normalized spacial score (nSPS) is 16.8. The van der Waals surface area contributed by atoms with Gasteiger partial charge in [-0.1, -0.05) is 24.3 Å². The van der Waals surface area contributed by atoms with E-state index >= 15 is 0 Å². The average molecular weight is 394 g/mol. The summed E-state index contributed by atoms with van der Waals surface area (Å²) in [6, 6.07) is 14.4. The molecule has 2 aromatic carbocycles. The van der Waals surface area contributed by atoms with E-state index in [1.54, 1.807) is 24.3 Å². The molecule has 3 amide bonds. The van der Waals surface area contributed by atoms with Gasteiger partial charge in [-0.15, -0.1) is 0 Å². The van der Waals surface area contributed by atoms with Gasteiger partial charge < -0.3 is 16.4 Å². The summed E-state index contributed by atoms with van der Waals surface area (Å²) in [6.07, 6.45) is 1.59. The Balaban J connectivity index is 1.64. The summed E-state index contributed by atoms with van der Waals surface area (Å²) in [4.78, 5) is 38.6. The van der Waals surface area contributed by atoms with E-state index < -0.39 is 0 Å². The van der Waals surface area contributed by atoms with Crippen LogP contribution in [0.4, 0.5) is 11.4 Å². The van der Waals surface area contributed by atoms with Gasteiger partial charge in [0.1, 0.15) is 0 Å². The zero-order valence-corrected chi connectivity index (χ0v) is 16.5. The number of hydrogen-bond acceptors (Lipinski definition) is 4. The monoisotopic (exact) mass is 394 g/mol. The van der Waals surface area contributed by atoms with Crippen LogP contribution in [-0.2, 0) is 9.59 Å². The molecule has 1 heterocycles. The van der Waals surface area contributed by atoms with Gasteiger partial charge in [-0.05, 0) is 56.1 Å². The molecule has 0 aromatic heterocycles. The number of anilines is 2. The van der Waals surface area contributed by atoms with Crippen molar-refractivity contribution in [3.8, 4) is 0 Å². The fourth-order valence-corrected chi connectivity index (χ4v) is 3.54. The first-order valence-corrected chi connectivity index (χ1v) is 9.71. The highest BCUT2D eigenvalue weighted by atomic mass is 16.2. The fourth-order valence-electron chi connectivity index (χ4n) is 3.54. The number of nitrogens with one attached hydrogen (secondary N) is 2. The number of likely N-dealkylation sites (tertiary alicyclic amines) is 1. The first-order chi connectivity index (χ1) is 13.9. The van der Waals surface area contributed by atoms with E-state index in [0.29, 0.717) is 23.5 Å². The molecular weight excluding hydrogens is 368 g/mol. The summed E-state index contributed by atoms with van der Waals surface area (Å²) in [5, 5.41) is 5.68. The minimum Gasteiger partial charge on any atom is -0.369 e. The Hall–Kier alpha value is -3.19. The molecule has 0 saturated carbocycles. The second-order valence-corrected chi connectivity index (χ2v) is 7.39. The molecule has 0 radical (unpaired) electrons. The van der Waals surface area contributed by atoms with E-state index in [4.69, 9.17) is 5.73 Å². The number of hydrogen-bond donors (Lipinski definition) is 3. The first kappa shape index (κ1) is 20.5. The largest absolute Gasteiger partial charge is 0.369 e. The number of piperidine rings is 1. The quantitative estimate of drug-likeness (QED) is 0.700. The highest BCUT2D eigenvalue weighted by Gasteiger charge is 2.25. The summed E-state index contributed by atoms with van der Waals surface area (Å²) in [5.74, 6) is -1.07. The van der Waals surface area contributed by atoms with Gasteiger partial charge in [0.2, 0.25) is 11.8 Å². The zero-order chi connectivity index (χ0) is 20.8. The number of primary amides is 1. The number of amides is 3. The van der Waals surface area contributed by atoms with Crippen LogP contribution in [0, 0.1) is 12.8 Å². The fraction of sp³-hybridized carbons (Fsp3) is 0.318. The molecule has 1 atom stereocenters. The van der Waals surface area contributed by atoms with Gasteiger partial charge in [0, 0.05) is 12.2 Å². The van der Waals surface area contributed by atoms with Crippen LogP contribution < -0.4 is 16.4 Å². The molecule has 152 valence electrons. The average Bonchev–Trinajstić information content (AvgIpc) is 2.68. The van der Waals surface area contributed by atoms with Gasteiger partial charge in [-0.3, -0.25) is 19.3 Å². The van der Waals surface area contributed by atoms with Crippen LogP contribution in [-0.4, -0.2) is 42.3 Å². The van der Waals surface area contributed by atoms with Crippen molar-refractivity contribution in [1.82, 2.24) is 4.90 Å². The number of nitrogens with two attached hydrogens (primary N) is 1. The lowest BCUT2D eigenvalue weighted by atomic mass is 9.97. The van der Waals surface area contributed by atoms with Crippen molar-refractivity contribution in [2.24, 2.45) is 11.7 Å². The third kappa shape index (κ3) is 5.65. The summed E-state index contributed by atoms with van der Waals surface area (Å²) >= 11 is 0. The highest BCUT2D eigenvalue weighted by molar-refractivity contribution is 6.10. The molecular formula is C22H26N4O3. The van der Waals surface area contributed by atoms with Crippen LogP contribution in [0.3, 0.4) is 0 Å². The second kappa shape index (κ2) is 9.34. The summed E-state index contributed by atoms with van der Waals surface area (Å²) in [7, 11) is 0. The molecule has 0 aliphatic carbocycles. The van der Waals surface area contributed by atoms with Crippen molar-refractivity contribution in [2.45, 2.75) is 19.8 Å². The molecule has 1 aliphatic rings. The van der Waals surface area contributed by atoms with Gasteiger partial charge >= 0.3 is 0 Å².